The molecule has 0 bridgehead atoms. The smallest absolute Gasteiger partial charge is 0.186 e. The number of nitrogens with zero attached hydrogens (tertiary/aromatic N) is 1. The molecular formula is C10H15N3S2. The Morgan fingerprint density at radius 2 is 2.33 bits per heavy atom. The number of nitrogens with one attached hydrogen (secondary N) is 2. The molecule has 0 spiro atoms. The van der Waals surface area contributed by atoms with Crippen molar-refractivity contribution in [3.63, 3.8) is 0 Å². The van der Waals surface area contributed by atoms with Gasteiger partial charge in [0.15, 0.2) is 5.11 Å². The third kappa shape index (κ3) is 3.97. The van der Waals surface area contributed by atoms with Crippen LogP contribution >= 0.6 is 23.6 Å². The lowest BCUT2D eigenvalue weighted by Crippen LogP contribution is -2.32. The van der Waals surface area contributed by atoms with E-state index < -0.39 is 0 Å². The topological polar surface area (TPSA) is 36.4 Å². The third-order valence-electron chi connectivity index (χ3n) is 1.77. The maximum absolute atomic E-state index is 5.02. The quantitative estimate of drug-likeness (QED) is 0.482. The second kappa shape index (κ2) is 6.53. The van der Waals surface area contributed by atoms with E-state index in [1.165, 1.54) is 4.88 Å². The molecule has 3 nitrogen and oxygen atoms in total. The minimum Gasteiger partial charge on any atom is -0.362 e. The van der Waals surface area contributed by atoms with Crippen LogP contribution in [0.2, 0.25) is 0 Å². The van der Waals surface area contributed by atoms with Crippen molar-refractivity contribution in [2.45, 2.75) is 20.3 Å². The van der Waals surface area contributed by atoms with E-state index in [1.54, 1.807) is 11.3 Å². The van der Waals surface area contributed by atoms with Gasteiger partial charge < -0.3 is 5.32 Å². The predicted molar refractivity (Wildman–Crippen MR) is 70.6 cm³/mol. The number of thiophene rings is 1. The zero-order chi connectivity index (χ0) is 11.1. The number of thiocarbonyl (C=S) groups is 1. The molecule has 82 valence electrons. The van der Waals surface area contributed by atoms with Gasteiger partial charge in [-0.1, -0.05) is 13.0 Å². The fourth-order valence-corrected chi connectivity index (χ4v) is 2.05. The molecule has 5 heteroatoms. The van der Waals surface area contributed by atoms with Crippen molar-refractivity contribution in [3.05, 3.63) is 22.4 Å². The van der Waals surface area contributed by atoms with E-state index in [9.17, 15) is 0 Å². The van der Waals surface area contributed by atoms with Gasteiger partial charge in [-0.2, -0.15) is 5.10 Å². The highest BCUT2D eigenvalue weighted by molar-refractivity contribution is 7.80. The molecule has 15 heavy (non-hydrogen) atoms. The van der Waals surface area contributed by atoms with Gasteiger partial charge in [0.25, 0.3) is 0 Å². The second-order valence-corrected chi connectivity index (χ2v) is 4.22. The Balaban J connectivity index is 2.59. The maximum atomic E-state index is 5.02. The molecule has 1 heterocycles. The number of hydrazone groups is 1. The molecule has 0 saturated heterocycles. The van der Waals surface area contributed by atoms with Gasteiger partial charge in [-0.05, 0) is 37.0 Å². The van der Waals surface area contributed by atoms with Crippen molar-refractivity contribution >= 4 is 34.4 Å². The average Bonchev–Trinajstić information content (AvgIpc) is 2.72. The summed E-state index contributed by atoms with van der Waals surface area (Å²) in [5.41, 5.74) is 3.87. The minimum atomic E-state index is 0.569. The normalized spacial score (nSPS) is 11.2. The van der Waals surface area contributed by atoms with Crippen molar-refractivity contribution < 1.29 is 0 Å². The monoisotopic (exact) mass is 241 g/mol. The lowest BCUT2D eigenvalue weighted by atomic mass is 10.2. The van der Waals surface area contributed by atoms with Crippen molar-refractivity contribution in [1.82, 2.24) is 10.7 Å². The summed E-state index contributed by atoms with van der Waals surface area (Å²) in [4.78, 5) is 1.18. The number of hydrogen-bond acceptors (Lipinski definition) is 3. The van der Waals surface area contributed by atoms with Gasteiger partial charge >= 0.3 is 0 Å². The van der Waals surface area contributed by atoms with Crippen LogP contribution in [0.5, 0.6) is 0 Å². The highest BCUT2D eigenvalue weighted by Gasteiger charge is 2.01. The van der Waals surface area contributed by atoms with Crippen molar-refractivity contribution in [1.29, 1.82) is 0 Å². The van der Waals surface area contributed by atoms with E-state index in [2.05, 4.69) is 28.8 Å². The summed E-state index contributed by atoms with van der Waals surface area (Å²) in [6.07, 6.45) is 0.891. The molecule has 0 fully saturated rings. The zero-order valence-electron chi connectivity index (χ0n) is 8.91. The van der Waals surface area contributed by atoms with Gasteiger partial charge in [-0.25, -0.2) is 0 Å². The van der Waals surface area contributed by atoms with E-state index >= 15 is 0 Å². The van der Waals surface area contributed by atoms with Crippen LogP contribution in [-0.4, -0.2) is 17.4 Å². The third-order valence-corrected chi connectivity index (χ3v) is 2.92. The first-order valence-corrected chi connectivity index (χ1v) is 6.21. The minimum absolute atomic E-state index is 0.569. The van der Waals surface area contributed by atoms with Gasteiger partial charge in [-0.15, -0.1) is 11.3 Å². The van der Waals surface area contributed by atoms with Crippen LogP contribution in [0, 0.1) is 0 Å². The van der Waals surface area contributed by atoms with Crippen molar-refractivity contribution in [3.8, 4) is 0 Å². The summed E-state index contributed by atoms with van der Waals surface area (Å²) >= 11 is 6.71. The molecule has 1 aromatic rings. The second-order valence-electron chi connectivity index (χ2n) is 2.86. The maximum Gasteiger partial charge on any atom is 0.186 e. The van der Waals surface area contributed by atoms with Crippen LogP contribution in [0.25, 0.3) is 0 Å². The Hall–Kier alpha value is -0.940. The van der Waals surface area contributed by atoms with E-state index in [1.807, 2.05) is 18.4 Å². The van der Waals surface area contributed by atoms with Gasteiger partial charge in [0.2, 0.25) is 0 Å². The van der Waals surface area contributed by atoms with Gasteiger partial charge in [0, 0.05) is 6.54 Å². The molecule has 2 N–H and O–H groups in total. The molecule has 0 aromatic carbocycles. The van der Waals surface area contributed by atoms with Crippen molar-refractivity contribution in [2.75, 3.05) is 6.54 Å². The molecule has 0 aliphatic rings. The summed E-state index contributed by atoms with van der Waals surface area (Å²) in [5, 5.41) is 9.88. The first-order valence-electron chi connectivity index (χ1n) is 4.92. The Labute approximate surface area is 99.6 Å². The molecule has 0 atom stereocenters. The summed E-state index contributed by atoms with van der Waals surface area (Å²) in [7, 11) is 0. The first-order chi connectivity index (χ1) is 7.27. The van der Waals surface area contributed by atoms with E-state index in [0.29, 0.717) is 5.11 Å². The fraction of sp³-hybridized carbons (Fsp3) is 0.400. The number of rotatable bonds is 4. The fourth-order valence-electron chi connectivity index (χ4n) is 1.07. The molecule has 0 aliphatic heterocycles. The largest absolute Gasteiger partial charge is 0.362 e. The lowest BCUT2D eigenvalue weighted by Gasteiger charge is -2.05. The first kappa shape index (κ1) is 12.1. The molecule has 0 aliphatic carbocycles. The summed E-state index contributed by atoms with van der Waals surface area (Å²) in [6.45, 7) is 4.88. The van der Waals surface area contributed by atoms with Crippen LogP contribution in [0.3, 0.4) is 0 Å². The van der Waals surface area contributed by atoms with Gasteiger partial charge in [0.05, 0.1) is 10.6 Å². The molecule has 1 aromatic heterocycles. The number of hydrogen-bond donors (Lipinski definition) is 2. The Bertz CT molecular complexity index is 330. The van der Waals surface area contributed by atoms with Gasteiger partial charge in [0.1, 0.15) is 0 Å². The standard InChI is InChI=1S/C10H15N3S2/c1-3-8(9-6-5-7-15-9)12-13-10(14)11-4-2/h5-7H,3-4H2,1-2H3,(H2,11,13,14)/b12-8-. The Morgan fingerprint density at radius 1 is 1.53 bits per heavy atom. The molecule has 0 unspecified atom stereocenters. The van der Waals surface area contributed by atoms with Crippen LogP contribution in [0.4, 0.5) is 0 Å². The molecule has 0 amide bonds. The van der Waals surface area contributed by atoms with Crippen LogP contribution in [-0.2, 0) is 0 Å². The zero-order valence-corrected chi connectivity index (χ0v) is 10.5. The summed E-state index contributed by atoms with van der Waals surface area (Å²) in [6, 6.07) is 4.08. The van der Waals surface area contributed by atoms with Crippen LogP contribution < -0.4 is 10.7 Å². The molecule has 0 radical (unpaired) electrons. The molecule has 0 saturated carbocycles. The van der Waals surface area contributed by atoms with Crippen molar-refractivity contribution in [2.24, 2.45) is 5.10 Å². The molecular weight excluding hydrogens is 226 g/mol. The Kier molecular flexibility index (Phi) is 5.28. The predicted octanol–water partition coefficient (Wildman–Crippen LogP) is 2.35. The summed E-state index contributed by atoms with van der Waals surface area (Å²) in [5.74, 6) is 0. The van der Waals surface area contributed by atoms with E-state index in [4.69, 9.17) is 12.2 Å². The summed E-state index contributed by atoms with van der Waals surface area (Å²) < 4.78 is 0. The van der Waals surface area contributed by atoms with E-state index in [0.717, 1.165) is 18.7 Å². The average molecular weight is 241 g/mol. The SMILES string of the molecule is CCNC(=S)N/N=C(/CC)c1cccs1. The lowest BCUT2D eigenvalue weighted by molar-refractivity contribution is 0.898. The van der Waals surface area contributed by atoms with E-state index in [-0.39, 0.29) is 0 Å². The Morgan fingerprint density at radius 3 is 2.87 bits per heavy atom. The highest BCUT2D eigenvalue weighted by Crippen LogP contribution is 2.11. The van der Waals surface area contributed by atoms with Crippen LogP contribution in [0.1, 0.15) is 25.1 Å². The highest BCUT2D eigenvalue weighted by atomic mass is 32.1. The molecule has 1 rings (SSSR count). The van der Waals surface area contributed by atoms with Crippen LogP contribution in [0.15, 0.2) is 22.6 Å². The van der Waals surface area contributed by atoms with Gasteiger partial charge in [-0.3, -0.25) is 5.43 Å².